The molecule has 0 atom stereocenters. The van der Waals surface area contributed by atoms with Crippen LogP contribution in [0.3, 0.4) is 0 Å². The van der Waals surface area contributed by atoms with Crippen LogP contribution in [0.5, 0.6) is 11.5 Å². The van der Waals surface area contributed by atoms with E-state index in [1.165, 1.54) is 26.0 Å². The van der Waals surface area contributed by atoms with E-state index in [9.17, 15) is 14.4 Å². The number of hydrogen-bond donors (Lipinski definition) is 1. The second kappa shape index (κ2) is 8.69. The molecule has 0 spiro atoms. The molecule has 0 heterocycles. The molecule has 1 amide bonds. The molecular weight excluding hydrogens is 334 g/mol. The Morgan fingerprint density at radius 2 is 1.50 bits per heavy atom. The van der Waals surface area contributed by atoms with Gasteiger partial charge in [0.2, 0.25) is 5.91 Å². The number of para-hydroxylation sites is 1. The zero-order chi connectivity index (χ0) is 16.8. The molecule has 0 aliphatic carbocycles. The largest absolute Gasteiger partial charge is 0.426 e. The maximum atomic E-state index is 12.2. The molecule has 0 radical (unpaired) electrons. The molecule has 0 saturated carbocycles. The first-order chi connectivity index (χ1) is 11.0. The van der Waals surface area contributed by atoms with Crippen LogP contribution in [0.25, 0.3) is 0 Å². The Morgan fingerprint density at radius 1 is 0.875 bits per heavy atom. The molecule has 126 valence electrons. The van der Waals surface area contributed by atoms with E-state index in [1.807, 2.05) is 0 Å². The van der Waals surface area contributed by atoms with Gasteiger partial charge in [0.15, 0.2) is 0 Å². The lowest BCUT2D eigenvalue weighted by molar-refractivity contribution is -0.131. The number of amides is 1. The van der Waals surface area contributed by atoms with Crippen LogP contribution in [0.2, 0.25) is 0 Å². The first-order valence-corrected chi connectivity index (χ1v) is 6.83. The third kappa shape index (κ3) is 5.40. The van der Waals surface area contributed by atoms with E-state index in [0.717, 1.165) is 0 Å². The fraction of sp³-hybridized carbons (Fsp3) is 0.118. The van der Waals surface area contributed by atoms with Crippen LogP contribution in [-0.4, -0.2) is 17.8 Å². The monoisotopic (exact) mass is 349 g/mol. The quantitative estimate of drug-likeness (QED) is 0.677. The Balaban J connectivity index is 0.00000288. The van der Waals surface area contributed by atoms with Crippen molar-refractivity contribution < 1.29 is 23.9 Å². The molecule has 0 aliphatic rings. The standard InChI is InChI=1S/C17H15NO5.ClH/c1-11(19)18-13-7-9-14(10-8-13)23-17(21)15-5-3-4-6-16(15)22-12(2)20;/h3-10H,1-2H3,(H,18,19);1H. The highest BCUT2D eigenvalue weighted by Gasteiger charge is 2.15. The van der Waals surface area contributed by atoms with Crippen molar-refractivity contribution in [3.05, 3.63) is 54.1 Å². The number of esters is 2. The summed E-state index contributed by atoms with van der Waals surface area (Å²) in [5, 5.41) is 2.61. The summed E-state index contributed by atoms with van der Waals surface area (Å²) in [5.74, 6) is -0.911. The van der Waals surface area contributed by atoms with Crippen LogP contribution < -0.4 is 14.8 Å². The topological polar surface area (TPSA) is 81.7 Å². The molecule has 0 saturated heterocycles. The summed E-state index contributed by atoms with van der Waals surface area (Å²) < 4.78 is 10.2. The van der Waals surface area contributed by atoms with Crippen molar-refractivity contribution in [3.63, 3.8) is 0 Å². The van der Waals surface area contributed by atoms with Gasteiger partial charge >= 0.3 is 11.9 Å². The summed E-state index contributed by atoms with van der Waals surface area (Å²) in [6.07, 6.45) is 0. The van der Waals surface area contributed by atoms with Crippen molar-refractivity contribution in [2.45, 2.75) is 13.8 Å². The maximum Gasteiger partial charge on any atom is 0.347 e. The fourth-order valence-electron chi connectivity index (χ4n) is 1.85. The van der Waals surface area contributed by atoms with Crippen LogP contribution >= 0.6 is 12.4 Å². The van der Waals surface area contributed by atoms with Crippen molar-refractivity contribution in [2.75, 3.05) is 5.32 Å². The Morgan fingerprint density at radius 3 is 2.08 bits per heavy atom. The number of anilines is 1. The third-order valence-electron chi connectivity index (χ3n) is 2.75. The van der Waals surface area contributed by atoms with Gasteiger partial charge in [-0.1, -0.05) is 12.1 Å². The SMILES string of the molecule is CC(=O)Nc1ccc(OC(=O)c2ccccc2OC(C)=O)cc1.Cl. The molecule has 2 aromatic carbocycles. The van der Waals surface area contributed by atoms with Crippen LogP contribution in [-0.2, 0) is 9.59 Å². The van der Waals surface area contributed by atoms with Crippen LogP contribution in [0, 0.1) is 0 Å². The summed E-state index contributed by atoms with van der Waals surface area (Å²) in [4.78, 5) is 34.2. The van der Waals surface area contributed by atoms with Gasteiger partial charge in [-0.2, -0.15) is 0 Å². The smallest absolute Gasteiger partial charge is 0.347 e. The Hall–Kier alpha value is -2.86. The fourth-order valence-corrected chi connectivity index (χ4v) is 1.85. The lowest BCUT2D eigenvalue weighted by Gasteiger charge is -2.09. The first-order valence-electron chi connectivity index (χ1n) is 6.83. The number of ether oxygens (including phenoxy) is 2. The molecule has 0 aromatic heterocycles. The van der Waals surface area contributed by atoms with Crippen molar-refractivity contribution >= 4 is 35.9 Å². The van der Waals surface area contributed by atoms with E-state index < -0.39 is 11.9 Å². The molecular formula is C17H16ClNO5. The van der Waals surface area contributed by atoms with Crippen molar-refractivity contribution in [2.24, 2.45) is 0 Å². The van der Waals surface area contributed by atoms with Gasteiger partial charge in [-0.15, -0.1) is 12.4 Å². The minimum absolute atomic E-state index is 0. The molecule has 6 nitrogen and oxygen atoms in total. The number of hydrogen-bond acceptors (Lipinski definition) is 5. The van der Waals surface area contributed by atoms with E-state index in [1.54, 1.807) is 36.4 Å². The van der Waals surface area contributed by atoms with Gasteiger partial charge in [0.05, 0.1) is 0 Å². The summed E-state index contributed by atoms with van der Waals surface area (Å²) >= 11 is 0. The average Bonchev–Trinajstić information content (AvgIpc) is 2.48. The number of carbonyl (C=O) groups excluding carboxylic acids is 3. The van der Waals surface area contributed by atoms with Gasteiger partial charge in [0, 0.05) is 19.5 Å². The van der Waals surface area contributed by atoms with Gasteiger partial charge in [0.25, 0.3) is 0 Å². The van der Waals surface area contributed by atoms with Gasteiger partial charge < -0.3 is 14.8 Å². The Kier molecular flexibility index (Phi) is 6.95. The molecule has 0 unspecified atom stereocenters. The van der Waals surface area contributed by atoms with Gasteiger partial charge in [-0.25, -0.2) is 4.79 Å². The van der Waals surface area contributed by atoms with E-state index in [-0.39, 0.29) is 29.6 Å². The van der Waals surface area contributed by atoms with Gasteiger partial charge in [-0.3, -0.25) is 9.59 Å². The lowest BCUT2D eigenvalue weighted by Crippen LogP contribution is -2.12. The zero-order valence-corrected chi connectivity index (χ0v) is 13.9. The molecule has 2 aromatic rings. The number of nitrogens with one attached hydrogen (secondary N) is 1. The van der Waals surface area contributed by atoms with E-state index >= 15 is 0 Å². The van der Waals surface area contributed by atoms with Gasteiger partial charge in [0.1, 0.15) is 17.1 Å². The summed E-state index contributed by atoms with van der Waals surface area (Å²) in [6, 6.07) is 12.6. The number of benzene rings is 2. The normalized spacial score (nSPS) is 9.42. The number of halogens is 1. The molecule has 1 N–H and O–H groups in total. The maximum absolute atomic E-state index is 12.2. The lowest BCUT2D eigenvalue weighted by atomic mass is 10.2. The highest BCUT2D eigenvalue weighted by molar-refractivity contribution is 5.95. The first kappa shape index (κ1) is 19.2. The summed E-state index contributed by atoms with van der Waals surface area (Å²) in [7, 11) is 0. The van der Waals surface area contributed by atoms with Crippen LogP contribution in [0.4, 0.5) is 5.69 Å². The molecule has 0 fully saturated rings. The molecule has 24 heavy (non-hydrogen) atoms. The zero-order valence-electron chi connectivity index (χ0n) is 13.1. The van der Waals surface area contributed by atoms with E-state index in [0.29, 0.717) is 11.4 Å². The third-order valence-corrected chi connectivity index (χ3v) is 2.75. The molecule has 2 rings (SSSR count). The number of rotatable bonds is 4. The van der Waals surface area contributed by atoms with Crippen LogP contribution in [0.15, 0.2) is 48.5 Å². The summed E-state index contributed by atoms with van der Waals surface area (Å²) in [6.45, 7) is 2.66. The predicted octanol–water partition coefficient (Wildman–Crippen LogP) is 3.21. The minimum Gasteiger partial charge on any atom is -0.426 e. The second-order valence-electron chi connectivity index (χ2n) is 4.68. The molecule has 7 heteroatoms. The molecule has 0 aliphatic heterocycles. The Labute approximate surface area is 145 Å². The minimum atomic E-state index is -0.644. The molecule has 0 bridgehead atoms. The van der Waals surface area contributed by atoms with Crippen molar-refractivity contribution in [1.82, 2.24) is 0 Å². The van der Waals surface area contributed by atoms with Crippen LogP contribution in [0.1, 0.15) is 24.2 Å². The average molecular weight is 350 g/mol. The highest BCUT2D eigenvalue weighted by Crippen LogP contribution is 2.22. The predicted molar refractivity (Wildman–Crippen MR) is 90.7 cm³/mol. The van der Waals surface area contributed by atoms with Crippen molar-refractivity contribution in [3.8, 4) is 11.5 Å². The Bertz CT molecular complexity index is 743. The van der Waals surface area contributed by atoms with Crippen molar-refractivity contribution in [1.29, 1.82) is 0 Å². The van der Waals surface area contributed by atoms with E-state index in [4.69, 9.17) is 9.47 Å². The van der Waals surface area contributed by atoms with Gasteiger partial charge in [-0.05, 0) is 36.4 Å². The van der Waals surface area contributed by atoms with E-state index in [2.05, 4.69) is 5.32 Å². The second-order valence-corrected chi connectivity index (χ2v) is 4.68. The number of carbonyl (C=O) groups is 3. The summed E-state index contributed by atoms with van der Waals surface area (Å²) in [5.41, 5.74) is 0.742. The highest BCUT2D eigenvalue weighted by atomic mass is 35.5.